The standard InChI is InChI=1S/C13H14N2O2/c1-17-15-7-13(15)10-3-2-9-4-5-12(14-8-16)11(9)6-10/h2-3,6-8,12H,4-5H2,1H3,(H,14,16). The van der Waals surface area contributed by atoms with Crippen LogP contribution in [0.25, 0.3) is 5.70 Å². The lowest BCUT2D eigenvalue weighted by atomic mass is 10.0. The predicted octanol–water partition coefficient (Wildman–Crippen LogP) is 1.60. The number of rotatable bonds is 4. The molecule has 17 heavy (non-hydrogen) atoms. The van der Waals surface area contributed by atoms with E-state index in [1.165, 1.54) is 11.1 Å². The van der Waals surface area contributed by atoms with Crippen LogP contribution in [0.2, 0.25) is 0 Å². The number of fused-ring (bicyclic) bond motifs is 1. The molecule has 88 valence electrons. The Bertz CT molecular complexity index is 496. The van der Waals surface area contributed by atoms with E-state index in [-0.39, 0.29) is 6.04 Å². The van der Waals surface area contributed by atoms with Crippen LogP contribution in [0.15, 0.2) is 24.4 Å². The van der Waals surface area contributed by atoms with Gasteiger partial charge in [-0.2, -0.15) is 0 Å². The lowest BCUT2D eigenvalue weighted by Gasteiger charge is -2.11. The highest BCUT2D eigenvalue weighted by Gasteiger charge is 2.27. The van der Waals surface area contributed by atoms with Crippen molar-refractivity contribution in [2.24, 2.45) is 0 Å². The molecular formula is C13H14N2O2. The zero-order chi connectivity index (χ0) is 11.8. The van der Waals surface area contributed by atoms with E-state index in [9.17, 15) is 4.79 Å². The van der Waals surface area contributed by atoms with Crippen LogP contribution in [0.5, 0.6) is 0 Å². The summed E-state index contributed by atoms with van der Waals surface area (Å²) in [6.07, 6.45) is 4.75. The molecule has 1 atom stereocenters. The Morgan fingerprint density at radius 2 is 2.41 bits per heavy atom. The maximum Gasteiger partial charge on any atom is 0.207 e. The average molecular weight is 230 g/mol. The zero-order valence-corrected chi connectivity index (χ0v) is 9.64. The minimum Gasteiger partial charge on any atom is -0.352 e. The van der Waals surface area contributed by atoms with Gasteiger partial charge in [0, 0.05) is 5.56 Å². The van der Waals surface area contributed by atoms with Crippen LogP contribution >= 0.6 is 0 Å². The monoisotopic (exact) mass is 230 g/mol. The molecule has 0 saturated carbocycles. The van der Waals surface area contributed by atoms with Gasteiger partial charge in [-0.1, -0.05) is 12.1 Å². The SMILES string of the molecule is CON1C=C1c1ccc2c(c1)C(NC=O)CC2. The third-order valence-electron chi connectivity index (χ3n) is 3.39. The highest BCUT2D eigenvalue weighted by molar-refractivity contribution is 5.74. The van der Waals surface area contributed by atoms with Crippen molar-refractivity contribution in [2.45, 2.75) is 18.9 Å². The summed E-state index contributed by atoms with van der Waals surface area (Å²) in [5.74, 6) is 0. The van der Waals surface area contributed by atoms with Gasteiger partial charge in [0.05, 0.1) is 25.0 Å². The molecule has 0 spiro atoms. The Balaban J connectivity index is 1.88. The summed E-state index contributed by atoms with van der Waals surface area (Å²) < 4.78 is 0. The number of hydrogen-bond acceptors (Lipinski definition) is 3. The van der Waals surface area contributed by atoms with Gasteiger partial charge in [-0.15, -0.1) is 0 Å². The Hall–Kier alpha value is -1.81. The van der Waals surface area contributed by atoms with Crippen molar-refractivity contribution in [2.75, 3.05) is 7.11 Å². The fourth-order valence-electron chi connectivity index (χ4n) is 2.45. The lowest BCUT2D eigenvalue weighted by Crippen LogP contribution is -2.16. The Morgan fingerprint density at radius 3 is 3.12 bits per heavy atom. The van der Waals surface area contributed by atoms with Gasteiger partial charge in [-0.25, -0.2) is 5.06 Å². The first-order chi connectivity index (χ1) is 8.33. The quantitative estimate of drug-likeness (QED) is 0.799. The molecular weight excluding hydrogens is 216 g/mol. The summed E-state index contributed by atoms with van der Waals surface area (Å²) >= 11 is 0. The number of amides is 1. The summed E-state index contributed by atoms with van der Waals surface area (Å²) in [6, 6.07) is 6.56. The van der Waals surface area contributed by atoms with Crippen LogP contribution < -0.4 is 5.32 Å². The molecule has 1 heterocycles. The number of carbonyl (C=O) groups excluding carboxylic acids is 1. The van der Waals surface area contributed by atoms with Crippen molar-refractivity contribution in [3.63, 3.8) is 0 Å². The second-order valence-corrected chi connectivity index (χ2v) is 4.31. The highest BCUT2D eigenvalue weighted by atomic mass is 16.7. The van der Waals surface area contributed by atoms with Crippen LogP contribution in [0.4, 0.5) is 0 Å². The maximum absolute atomic E-state index is 10.5. The van der Waals surface area contributed by atoms with Crippen LogP contribution in [-0.2, 0) is 16.1 Å². The topological polar surface area (TPSA) is 41.3 Å². The third kappa shape index (κ3) is 1.70. The van der Waals surface area contributed by atoms with Gasteiger partial charge in [-0.3, -0.25) is 9.63 Å². The summed E-state index contributed by atoms with van der Waals surface area (Å²) in [6.45, 7) is 0. The lowest BCUT2D eigenvalue weighted by molar-refractivity contribution is -0.110. The number of aryl methyl sites for hydroxylation is 1. The molecule has 4 heteroatoms. The Morgan fingerprint density at radius 1 is 1.53 bits per heavy atom. The van der Waals surface area contributed by atoms with Crippen molar-refractivity contribution < 1.29 is 9.63 Å². The number of hydroxylamine groups is 2. The highest BCUT2D eigenvalue weighted by Crippen LogP contribution is 2.37. The Kier molecular flexibility index (Phi) is 2.37. The van der Waals surface area contributed by atoms with Crippen LogP contribution in [0.3, 0.4) is 0 Å². The van der Waals surface area contributed by atoms with Gasteiger partial charge in [0.1, 0.15) is 0 Å². The van der Waals surface area contributed by atoms with E-state index in [2.05, 4.69) is 23.5 Å². The largest absolute Gasteiger partial charge is 0.352 e. The van der Waals surface area contributed by atoms with E-state index in [1.807, 2.05) is 6.20 Å². The molecule has 0 radical (unpaired) electrons. The molecule has 2 aliphatic rings. The minimum atomic E-state index is 0.165. The van der Waals surface area contributed by atoms with Crippen molar-refractivity contribution >= 4 is 12.1 Å². The van der Waals surface area contributed by atoms with E-state index in [0.29, 0.717) is 0 Å². The Labute approximate surface area is 99.8 Å². The summed E-state index contributed by atoms with van der Waals surface area (Å²) in [4.78, 5) is 15.6. The summed E-state index contributed by atoms with van der Waals surface area (Å²) in [7, 11) is 1.65. The van der Waals surface area contributed by atoms with Gasteiger partial charge in [0.25, 0.3) is 0 Å². The predicted molar refractivity (Wildman–Crippen MR) is 63.5 cm³/mol. The van der Waals surface area contributed by atoms with Crippen molar-refractivity contribution in [1.82, 2.24) is 10.4 Å². The minimum absolute atomic E-state index is 0.165. The molecule has 1 aliphatic carbocycles. The third-order valence-corrected chi connectivity index (χ3v) is 3.39. The molecule has 0 saturated heterocycles. The molecule has 0 aromatic heterocycles. The molecule has 1 aliphatic heterocycles. The van der Waals surface area contributed by atoms with Crippen molar-refractivity contribution in [3.05, 3.63) is 41.1 Å². The molecule has 1 unspecified atom stereocenters. The van der Waals surface area contributed by atoms with E-state index in [0.717, 1.165) is 30.5 Å². The van der Waals surface area contributed by atoms with Crippen LogP contribution in [0, 0.1) is 0 Å². The van der Waals surface area contributed by atoms with E-state index >= 15 is 0 Å². The van der Waals surface area contributed by atoms with E-state index in [4.69, 9.17) is 4.84 Å². The van der Waals surface area contributed by atoms with Crippen LogP contribution in [-0.4, -0.2) is 18.6 Å². The van der Waals surface area contributed by atoms with Crippen LogP contribution in [0.1, 0.15) is 29.2 Å². The van der Waals surface area contributed by atoms with Crippen molar-refractivity contribution in [3.8, 4) is 0 Å². The smallest absolute Gasteiger partial charge is 0.207 e. The molecule has 1 amide bonds. The average Bonchev–Trinajstić information content (AvgIpc) is 3.05. The number of nitrogens with one attached hydrogen (secondary N) is 1. The molecule has 1 aromatic carbocycles. The number of hydrogen-bond donors (Lipinski definition) is 1. The van der Waals surface area contributed by atoms with Gasteiger partial charge in [0.15, 0.2) is 0 Å². The van der Waals surface area contributed by atoms with Crippen molar-refractivity contribution in [1.29, 1.82) is 0 Å². The zero-order valence-electron chi connectivity index (χ0n) is 9.64. The second kappa shape index (κ2) is 3.89. The summed E-state index contributed by atoms with van der Waals surface area (Å²) in [5, 5.41) is 4.60. The fourth-order valence-corrected chi connectivity index (χ4v) is 2.45. The van der Waals surface area contributed by atoms with Gasteiger partial charge in [-0.05, 0) is 30.0 Å². The number of nitrogens with zero attached hydrogens (tertiary/aromatic N) is 1. The first-order valence-corrected chi connectivity index (χ1v) is 5.71. The van der Waals surface area contributed by atoms with Gasteiger partial charge in [0.2, 0.25) is 6.41 Å². The maximum atomic E-state index is 10.5. The van der Waals surface area contributed by atoms with E-state index < -0.39 is 0 Å². The molecule has 3 rings (SSSR count). The normalized spacial score (nSPS) is 20.9. The fraction of sp³-hybridized carbons (Fsp3) is 0.308. The number of benzene rings is 1. The first-order valence-electron chi connectivity index (χ1n) is 5.71. The van der Waals surface area contributed by atoms with Gasteiger partial charge < -0.3 is 5.32 Å². The second-order valence-electron chi connectivity index (χ2n) is 4.31. The summed E-state index contributed by atoms with van der Waals surface area (Å²) in [5.41, 5.74) is 4.80. The molecule has 1 N–H and O–H groups in total. The number of carbonyl (C=O) groups is 1. The van der Waals surface area contributed by atoms with E-state index in [1.54, 1.807) is 12.2 Å². The molecule has 4 nitrogen and oxygen atoms in total. The molecule has 0 fully saturated rings. The van der Waals surface area contributed by atoms with Gasteiger partial charge >= 0.3 is 0 Å². The molecule has 1 aromatic rings. The molecule has 0 bridgehead atoms. The first kappa shape index (κ1) is 10.4.